The molecule has 1 aliphatic heterocycles. The summed E-state index contributed by atoms with van der Waals surface area (Å²) in [5, 5.41) is 0. The van der Waals surface area contributed by atoms with Crippen molar-refractivity contribution >= 4 is 23.6 Å². The van der Waals surface area contributed by atoms with E-state index in [1.807, 2.05) is 0 Å². The molecule has 78 valence electrons. The van der Waals surface area contributed by atoms with Crippen molar-refractivity contribution in [2.45, 2.75) is 6.23 Å². The van der Waals surface area contributed by atoms with Crippen molar-refractivity contribution in [3.8, 4) is 5.75 Å². The Bertz CT molecular complexity index is 554. The van der Waals surface area contributed by atoms with Gasteiger partial charge in [-0.2, -0.15) is 9.98 Å². The Labute approximate surface area is 89.3 Å². The largest absolute Gasteiger partial charge is 0.459 e. The number of ketones is 1. The SMILES string of the molecule is O=C=Nc1ccc2c(c1)OC(N=C=O)C2=O. The van der Waals surface area contributed by atoms with Crippen LogP contribution in [0.4, 0.5) is 5.69 Å². The molecule has 1 aromatic rings. The first-order valence-corrected chi connectivity index (χ1v) is 4.26. The quantitative estimate of drug-likeness (QED) is 0.542. The number of nitrogens with zero attached hydrogens (tertiary/aromatic N) is 2. The van der Waals surface area contributed by atoms with Crippen LogP contribution >= 0.6 is 0 Å². The van der Waals surface area contributed by atoms with Crippen LogP contribution in [0.15, 0.2) is 28.2 Å². The summed E-state index contributed by atoms with van der Waals surface area (Å²) in [6, 6.07) is 4.32. The molecule has 6 nitrogen and oxygen atoms in total. The lowest BCUT2D eigenvalue weighted by atomic mass is 10.1. The normalized spacial score (nSPS) is 16.8. The average Bonchev–Trinajstić information content (AvgIpc) is 2.57. The number of ether oxygens (including phenoxy) is 1. The van der Waals surface area contributed by atoms with Crippen LogP contribution in [0.3, 0.4) is 0 Å². The molecule has 2 rings (SSSR count). The number of rotatable bonds is 2. The number of aliphatic imine (C=N–C) groups is 2. The van der Waals surface area contributed by atoms with Crippen molar-refractivity contribution in [2.24, 2.45) is 9.98 Å². The van der Waals surface area contributed by atoms with Gasteiger partial charge in [0, 0.05) is 6.07 Å². The zero-order valence-corrected chi connectivity index (χ0v) is 7.84. The number of benzene rings is 1. The van der Waals surface area contributed by atoms with E-state index in [4.69, 9.17) is 4.74 Å². The lowest BCUT2D eigenvalue weighted by Crippen LogP contribution is -2.16. The lowest BCUT2D eigenvalue weighted by Gasteiger charge is -1.99. The van der Waals surface area contributed by atoms with Crippen LogP contribution in [0.5, 0.6) is 5.75 Å². The Morgan fingerprint density at radius 1 is 1.25 bits per heavy atom. The predicted molar refractivity (Wildman–Crippen MR) is 51.1 cm³/mol. The van der Waals surface area contributed by atoms with E-state index in [0.29, 0.717) is 11.3 Å². The molecule has 0 bridgehead atoms. The van der Waals surface area contributed by atoms with Crippen molar-refractivity contribution in [1.29, 1.82) is 0 Å². The van der Waals surface area contributed by atoms with E-state index in [9.17, 15) is 14.4 Å². The number of hydrogen-bond donors (Lipinski definition) is 0. The van der Waals surface area contributed by atoms with Crippen molar-refractivity contribution in [1.82, 2.24) is 0 Å². The summed E-state index contributed by atoms with van der Waals surface area (Å²) in [5.74, 6) is -0.175. The number of hydrogen-bond acceptors (Lipinski definition) is 6. The van der Waals surface area contributed by atoms with Gasteiger partial charge in [-0.05, 0) is 12.1 Å². The van der Waals surface area contributed by atoms with Gasteiger partial charge in [0.05, 0.1) is 11.3 Å². The molecule has 0 N–H and O–H groups in total. The number of Topliss-reactive ketones (excluding diaryl/α,β-unsaturated/α-hetero) is 1. The summed E-state index contributed by atoms with van der Waals surface area (Å²) >= 11 is 0. The molecule has 0 amide bonds. The van der Waals surface area contributed by atoms with Crippen molar-refractivity contribution in [3.05, 3.63) is 23.8 Å². The fraction of sp³-hybridized carbons (Fsp3) is 0.100. The Kier molecular flexibility index (Phi) is 2.44. The van der Waals surface area contributed by atoms with Crippen LogP contribution in [0.25, 0.3) is 0 Å². The van der Waals surface area contributed by atoms with Crippen molar-refractivity contribution in [3.63, 3.8) is 0 Å². The fourth-order valence-electron chi connectivity index (χ4n) is 1.37. The Morgan fingerprint density at radius 3 is 2.75 bits per heavy atom. The second-order valence-corrected chi connectivity index (χ2v) is 2.94. The molecule has 6 heteroatoms. The van der Waals surface area contributed by atoms with E-state index < -0.39 is 12.0 Å². The van der Waals surface area contributed by atoms with Gasteiger partial charge in [0.2, 0.25) is 17.9 Å². The molecule has 0 radical (unpaired) electrons. The topological polar surface area (TPSA) is 85.2 Å². The first-order chi connectivity index (χ1) is 7.76. The summed E-state index contributed by atoms with van der Waals surface area (Å²) < 4.78 is 5.08. The van der Waals surface area contributed by atoms with Gasteiger partial charge >= 0.3 is 0 Å². The van der Waals surface area contributed by atoms with E-state index >= 15 is 0 Å². The van der Waals surface area contributed by atoms with Crippen LogP contribution in [0.2, 0.25) is 0 Å². The molecule has 16 heavy (non-hydrogen) atoms. The molecule has 0 spiro atoms. The predicted octanol–water partition coefficient (Wildman–Crippen LogP) is 0.891. The summed E-state index contributed by atoms with van der Waals surface area (Å²) in [6.45, 7) is 0. The average molecular weight is 216 g/mol. The fourth-order valence-corrected chi connectivity index (χ4v) is 1.37. The minimum atomic E-state index is -1.18. The summed E-state index contributed by atoms with van der Waals surface area (Å²) in [7, 11) is 0. The molecule has 0 aromatic heterocycles. The molecule has 0 saturated heterocycles. The van der Waals surface area contributed by atoms with Crippen LogP contribution < -0.4 is 4.74 Å². The van der Waals surface area contributed by atoms with Crippen LogP contribution in [0.1, 0.15) is 10.4 Å². The molecular formula is C10H4N2O4. The highest BCUT2D eigenvalue weighted by molar-refractivity contribution is 6.05. The third-order valence-corrected chi connectivity index (χ3v) is 2.04. The monoisotopic (exact) mass is 216 g/mol. The molecule has 0 fully saturated rings. The van der Waals surface area contributed by atoms with E-state index in [-0.39, 0.29) is 5.75 Å². The number of carbonyl (C=O) groups is 1. The number of fused-ring (bicyclic) bond motifs is 1. The van der Waals surface area contributed by atoms with Gasteiger partial charge in [0.25, 0.3) is 6.23 Å². The van der Waals surface area contributed by atoms with Crippen LogP contribution in [0, 0.1) is 0 Å². The third-order valence-electron chi connectivity index (χ3n) is 2.04. The Hall–Kier alpha value is -2.55. The Balaban J connectivity index is 2.43. The molecule has 1 aromatic carbocycles. The second-order valence-electron chi connectivity index (χ2n) is 2.94. The molecule has 1 atom stereocenters. The minimum Gasteiger partial charge on any atom is -0.459 e. The first kappa shape index (κ1) is 9.98. The summed E-state index contributed by atoms with van der Waals surface area (Å²) in [4.78, 5) is 38.2. The molecule has 0 aliphatic carbocycles. The second kappa shape index (κ2) is 3.90. The Morgan fingerprint density at radius 2 is 2.06 bits per heavy atom. The van der Waals surface area contributed by atoms with Gasteiger partial charge < -0.3 is 4.74 Å². The molecular weight excluding hydrogens is 212 g/mol. The van der Waals surface area contributed by atoms with Gasteiger partial charge in [0.15, 0.2) is 0 Å². The molecule has 1 heterocycles. The summed E-state index contributed by atoms with van der Waals surface area (Å²) in [5.41, 5.74) is 0.617. The van der Waals surface area contributed by atoms with Gasteiger partial charge in [0.1, 0.15) is 5.75 Å². The molecule has 0 saturated carbocycles. The maximum atomic E-state index is 11.6. The van der Waals surface area contributed by atoms with Crippen molar-refractivity contribution < 1.29 is 19.1 Å². The standard InChI is InChI=1S/C10H4N2O4/c13-4-11-6-1-2-7-8(3-6)16-10(9(7)15)12-5-14/h1-3,10H. The maximum absolute atomic E-state index is 11.6. The zero-order chi connectivity index (χ0) is 11.5. The minimum absolute atomic E-state index is 0.241. The zero-order valence-electron chi connectivity index (χ0n) is 7.84. The molecule has 1 unspecified atom stereocenters. The highest BCUT2D eigenvalue weighted by atomic mass is 16.5. The van der Waals surface area contributed by atoms with Crippen LogP contribution in [-0.4, -0.2) is 24.2 Å². The molecule has 1 aliphatic rings. The van der Waals surface area contributed by atoms with E-state index in [1.54, 1.807) is 0 Å². The third kappa shape index (κ3) is 1.54. The van der Waals surface area contributed by atoms with Gasteiger partial charge in [-0.15, -0.1) is 0 Å². The lowest BCUT2D eigenvalue weighted by molar-refractivity contribution is 0.0868. The maximum Gasteiger partial charge on any atom is 0.264 e. The van der Waals surface area contributed by atoms with E-state index in [0.717, 1.165) is 0 Å². The van der Waals surface area contributed by atoms with Gasteiger partial charge in [-0.25, -0.2) is 9.59 Å². The highest BCUT2D eigenvalue weighted by Gasteiger charge is 2.32. The van der Waals surface area contributed by atoms with Gasteiger partial charge in [-0.1, -0.05) is 0 Å². The van der Waals surface area contributed by atoms with Crippen LogP contribution in [-0.2, 0) is 9.59 Å². The first-order valence-electron chi connectivity index (χ1n) is 4.26. The van der Waals surface area contributed by atoms with Crippen molar-refractivity contribution in [2.75, 3.05) is 0 Å². The van der Waals surface area contributed by atoms with E-state index in [1.165, 1.54) is 30.4 Å². The smallest absolute Gasteiger partial charge is 0.264 e. The van der Waals surface area contributed by atoms with Gasteiger partial charge in [-0.3, -0.25) is 4.79 Å². The number of isocyanates is 2. The highest BCUT2D eigenvalue weighted by Crippen LogP contribution is 2.32. The number of carbonyl (C=O) groups excluding carboxylic acids is 3. The summed E-state index contributed by atoms with van der Waals surface area (Å²) in [6.07, 6.45) is 1.45. The van der Waals surface area contributed by atoms with E-state index in [2.05, 4.69) is 9.98 Å².